The van der Waals surface area contributed by atoms with Crippen molar-refractivity contribution >= 4 is 17.7 Å². The van der Waals surface area contributed by atoms with Crippen LogP contribution in [-0.2, 0) is 4.74 Å². The van der Waals surface area contributed by atoms with Crippen molar-refractivity contribution in [2.24, 2.45) is 11.8 Å². The molecule has 3 aliphatic rings. The first kappa shape index (κ1) is 17.5. The van der Waals surface area contributed by atoms with Gasteiger partial charge in [0.25, 0.3) is 5.91 Å². The van der Waals surface area contributed by atoms with E-state index < -0.39 is 0 Å². The highest BCUT2D eigenvalue weighted by atomic mass is 16.5. The van der Waals surface area contributed by atoms with E-state index in [0.29, 0.717) is 35.6 Å². The lowest BCUT2D eigenvalue weighted by atomic mass is 9.73. The van der Waals surface area contributed by atoms with E-state index in [2.05, 4.69) is 20.2 Å². The molecule has 3 fully saturated rings. The summed E-state index contributed by atoms with van der Waals surface area (Å²) in [6.07, 6.45) is 3.98. The topological polar surface area (TPSA) is 107 Å². The standard InChI is InChI=1S/C20H25N5O3/c1-11-7-13(12(2)27-11)18(26)23-8-14-15-9-25(19-22-6-4-17(21)24-19)10-20(15)5-3-16(14)28-20/h4,6-7,14-16H,3,5,8-10H2,1-2H3,(H,23,26)(H2,21,22,24)/t14?,15-,16?,20+/m0/s1. The zero-order chi connectivity index (χ0) is 19.5. The van der Waals surface area contributed by atoms with Crippen molar-refractivity contribution in [1.82, 2.24) is 15.3 Å². The molecule has 0 radical (unpaired) electrons. The maximum Gasteiger partial charge on any atom is 0.254 e. The van der Waals surface area contributed by atoms with Gasteiger partial charge in [-0.25, -0.2) is 4.98 Å². The van der Waals surface area contributed by atoms with Crippen LogP contribution in [-0.4, -0.2) is 47.2 Å². The first-order chi connectivity index (χ1) is 13.4. The summed E-state index contributed by atoms with van der Waals surface area (Å²) in [6.45, 7) is 5.87. The van der Waals surface area contributed by atoms with Crippen LogP contribution < -0.4 is 16.0 Å². The van der Waals surface area contributed by atoms with Crippen LogP contribution in [0.2, 0.25) is 0 Å². The molecule has 2 aromatic heterocycles. The number of nitrogens with zero attached hydrogens (tertiary/aromatic N) is 3. The largest absolute Gasteiger partial charge is 0.466 e. The third-order valence-corrected chi connectivity index (χ3v) is 6.51. The molecule has 5 rings (SSSR count). The predicted molar refractivity (Wildman–Crippen MR) is 103 cm³/mol. The van der Waals surface area contributed by atoms with Gasteiger partial charge in [0.2, 0.25) is 5.95 Å². The number of carbonyl (C=O) groups is 1. The molecule has 28 heavy (non-hydrogen) atoms. The first-order valence-corrected chi connectivity index (χ1v) is 9.82. The number of ether oxygens (including phenoxy) is 1. The number of carbonyl (C=O) groups excluding carboxylic acids is 1. The molecular formula is C20H25N5O3. The molecule has 3 aliphatic heterocycles. The van der Waals surface area contributed by atoms with Crippen molar-refractivity contribution in [1.29, 1.82) is 0 Å². The number of aryl methyl sites for hydroxylation is 2. The van der Waals surface area contributed by atoms with Crippen molar-refractivity contribution in [3.05, 3.63) is 35.4 Å². The Morgan fingerprint density at radius 2 is 2.32 bits per heavy atom. The Labute approximate surface area is 163 Å². The van der Waals surface area contributed by atoms with E-state index in [1.807, 2.05) is 13.8 Å². The number of anilines is 2. The highest BCUT2D eigenvalue weighted by Gasteiger charge is 2.63. The Hall–Kier alpha value is -2.61. The van der Waals surface area contributed by atoms with Crippen molar-refractivity contribution in [3.8, 4) is 0 Å². The monoisotopic (exact) mass is 383 g/mol. The zero-order valence-electron chi connectivity index (χ0n) is 16.1. The minimum atomic E-state index is -0.157. The van der Waals surface area contributed by atoms with E-state index in [1.54, 1.807) is 18.3 Å². The van der Waals surface area contributed by atoms with Gasteiger partial charge in [-0.1, -0.05) is 0 Å². The second-order valence-corrected chi connectivity index (χ2v) is 8.23. The third-order valence-electron chi connectivity index (χ3n) is 6.51. The van der Waals surface area contributed by atoms with Crippen LogP contribution in [0.4, 0.5) is 11.8 Å². The van der Waals surface area contributed by atoms with Crippen molar-refractivity contribution in [2.45, 2.75) is 38.4 Å². The summed E-state index contributed by atoms with van der Waals surface area (Å²) in [6, 6.07) is 3.48. The molecule has 2 unspecified atom stereocenters. The molecule has 148 valence electrons. The summed E-state index contributed by atoms with van der Waals surface area (Å²) < 4.78 is 11.9. The molecule has 1 amide bonds. The number of rotatable bonds is 4. The average molecular weight is 383 g/mol. The van der Waals surface area contributed by atoms with Crippen molar-refractivity contribution in [3.63, 3.8) is 0 Å². The van der Waals surface area contributed by atoms with E-state index in [-0.39, 0.29) is 23.5 Å². The summed E-state index contributed by atoms with van der Waals surface area (Å²) in [7, 11) is 0. The number of amides is 1. The predicted octanol–water partition coefficient (Wildman–Crippen LogP) is 1.68. The highest BCUT2D eigenvalue weighted by molar-refractivity contribution is 5.95. The van der Waals surface area contributed by atoms with Crippen molar-refractivity contribution < 1.29 is 13.9 Å². The van der Waals surface area contributed by atoms with Gasteiger partial charge < -0.3 is 25.1 Å². The Balaban J connectivity index is 1.30. The average Bonchev–Trinajstić information content (AvgIpc) is 3.39. The molecule has 3 saturated heterocycles. The van der Waals surface area contributed by atoms with Gasteiger partial charge in [-0.2, -0.15) is 4.98 Å². The number of nitrogen functional groups attached to an aromatic ring is 1. The van der Waals surface area contributed by atoms with Gasteiger partial charge in [0.05, 0.1) is 23.8 Å². The van der Waals surface area contributed by atoms with Gasteiger partial charge in [0.15, 0.2) is 0 Å². The lowest BCUT2D eigenvalue weighted by molar-refractivity contribution is 0.0141. The minimum Gasteiger partial charge on any atom is -0.466 e. The van der Waals surface area contributed by atoms with E-state index in [4.69, 9.17) is 14.9 Å². The van der Waals surface area contributed by atoms with Crippen molar-refractivity contribution in [2.75, 3.05) is 30.3 Å². The second-order valence-electron chi connectivity index (χ2n) is 8.23. The summed E-state index contributed by atoms with van der Waals surface area (Å²) in [5.74, 6) is 3.09. The summed E-state index contributed by atoms with van der Waals surface area (Å²) in [5, 5.41) is 3.10. The van der Waals surface area contributed by atoms with Crippen LogP contribution in [0.25, 0.3) is 0 Å². The molecule has 0 saturated carbocycles. The van der Waals surface area contributed by atoms with Crippen LogP contribution >= 0.6 is 0 Å². The summed E-state index contributed by atoms with van der Waals surface area (Å²) in [4.78, 5) is 23.5. The van der Waals surface area contributed by atoms with Crippen LogP contribution in [0.15, 0.2) is 22.7 Å². The number of hydrogen-bond donors (Lipinski definition) is 2. The van der Waals surface area contributed by atoms with E-state index >= 15 is 0 Å². The number of nitrogens with two attached hydrogens (primary N) is 1. The van der Waals surface area contributed by atoms with Gasteiger partial charge in [-0.3, -0.25) is 4.79 Å². The molecule has 4 atom stereocenters. The first-order valence-electron chi connectivity index (χ1n) is 9.82. The highest BCUT2D eigenvalue weighted by Crippen LogP contribution is 2.55. The van der Waals surface area contributed by atoms with Crippen LogP contribution in [0, 0.1) is 25.7 Å². The summed E-state index contributed by atoms with van der Waals surface area (Å²) >= 11 is 0. The molecule has 0 aromatic carbocycles. The Morgan fingerprint density at radius 1 is 1.46 bits per heavy atom. The number of hydrogen-bond acceptors (Lipinski definition) is 7. The Bertz CT molecular complexity index is 928. The Morgan fingerprint density at radius 3 is 3.07 bits per heavy atom. The van der Waals surface area contributed by atoms with E-state index in [0.717, 1.165) is 31.7 Å². The Kier molecular flexibility index (Phi) is 3.87. The lowest BCUT2D eigenvalue weighted by Gasteiger charge is -2.29. The maximum atomic E-state index is 12.6. The molecule has 0 aliphatic carbocycles. The fraction of sp³-hybridized carbons (Fsp3) is 0.550. The SMILES string of the molecule is Cc1cc(C(=O)NCC2C3CC[C@]4(CN(c5nccc(N)n5)C[C@@H]24)O3)c(C)o1. The normalized spacial score (nSPS) is 30.6. The lowest BCUT2D eigenvalue weighted by Crippen LogP contribution is -2.41. The van der Waals surface area contributed by atoms with Gasteiger partial charge in [-0.05, 0) is 38.8 Å². The van der Waals surface area contributed by atoms with E-state index in [1.165, 1.54) is 0 Å². The maximum absolute atomic E-state index is 12.6. The number of nitrogens with one attached hydrogen (secondary N) is 1. The fourth-order valence-electron chi connectivity index (χ4n) is 5.29. The molecule has 5 heterocycles. The van der Waals surface area contributed by atoms with Crippen LogP contribution in [0.3, 0.4) is 0 Å². The fourth-order valence-corrected chi connectivity index (χ4v) is 5.29. The van der Waals surface area contributed by atoms with Crippen LogP contribution in [0.5, 0.6) is 0 Å². The minimum absolute atomic E-state index is 0.0832. The molecule has 8 heteroatoms. The van der Waals surface area contributed by atoms with E-state index in [9.17, 15) is 4.79 Å². The van der Waals surface area contributed by atoms with Gasteiger partial charge >= 0.3 is 0 Å². The number of aromatic nitrogens is 2. The van der Waals surface area contributed by atoms with Gasteiger partial charge in [-0.15, -0.1) is 0 Å². The quantitative estimate of drug-likeness (QED) is 0.827. The summed E-state index contributed by atoms with van der Waals surface area (Å²) in [5.41, 5.74) is 6.28. The molecule has 2 bridgehead atoms. The number of fused-ring (bicyclic) bond motifs is 1. The molecule has 2 aromatic rings. The second kappa shape index (κ2) is 6.20. The third kappa shape index (κ3) is 2.66. The van der Waals surface area contributed by atoms with Gasteiger partial charge in [0, 0.05) is 31.1 Å². The number of furan rings is 1. The van der Waals surface area contributed by atoms with Gasteiger partial charge in [0.1, 0.15) is 17.3 Å². The zero-order valence-corrected chi connectivity index (χ0v) is 16.1. The smallest absolute Gasteiger partial charge is 0.254 e. The molecule has 3 N–H and O–H groups in total. The molecular weight excluding hydrogens is 358 g/mol. The van der Waals surface area contributed by atoms with Crippen LogP contribution in [0.1, 0.15) is 34.7 Å². The molecule has 1 spiro atoms. The molecule has 8 nitrogen and oxygen atoms in total.